The van der Waals surface area contributed by atoms with E-state index in [0.717, 1.165) is 5.56 Å². The van der Waals surface area contributed by atoms with E-state index in [-0.39, 0.29) is 19.6 Å². The number of hydrogen-bond donors (Lipinski definition) is 1. The van der Waals surface area contributed by atoms with E-state index in [1.54, 1.807) is 6.92 Å². The fraction of sp³-hybridized carbons (Fsp3) is 0.385. The van der Waals surface area contributed by atoms with Crippen molar-refractivity contribution >= 4 is 12.2 Å². The van der Waals surface area contributed by atoms with Crippen molar-refractivity contribution in [3.63, 3.8) is 0 Å². The number of oxime groups is 1. The van der Waals surface area contributed by atoms with Gasteiger partial charge in [0.05, 0.1) is 12.8 Å². The van der Waals surface area contributed by atoms with E-state index in [1.807, 2.05) is 30.3 Å². The summed E-state index contributed by atoms with van der Waals surface area (Å²) in [4.78, 5) is 16.5. The molecular formula is C13H17NO4. The van der Waals surface area contributed by atoms with Crippen LogP contribution in [0, 0.1) is 0 Å². The van der Waals surface area contributed by atoms with Gasteiger partial charge in [0.1, 0.15) is 0 Å². The number of nitrogens with zero attached hydrogens (tertiary/aromatic N) is 1. The Labute approximate surface area is 106 Å². The molecule has 0 fully saturated rings. The summed E-state index contributed by atoms with van der Waals surface area (Å²) in [5.41, 5.74) is 0.865. The summed E-state index contributed by atoms with van der Waals surface area (Å²) in [5, 5.41) is 12.6. The molecule has 0 amide bonds. The molecule has 98 valence electrons. The molecule has 1 rings (SSSR count). The van der Waals surface area contributed by atoms with E-state index in [4.69, 9.17) is 14.7 Å². The predicted molar refractivity (Wildman–Crippen MR) is 67.2 cm³/mol. The van der Waals surface area contributed by atoms with E-state index < -0.39 is 12.1 Å². The molecule has 0 saturated heterocycles. The minimum Gasteiger partial charge on any atom is -0.463 e. The van der Waals surface area contributed by atoms with Gasteiger partial charge in [0.15, 0.2) is 0 Å². The average Bonchev–Trinajstić information content (AvgIpc) is 2.39. The third-order valence-corrected chi connectivity index (χ3v) is 2.13. The first-order valence-corrected chi connectivity index (χ1v) is 5.79. The second-order valence-electron chi connectivity index (χ2n) is 3.50. The molecule has 5 heteroatoms. The van der Waals surface area contributed by atoms with Gasteiger partial charge in [-0.2, -0.15) is 0 Å². The lowest BCUT2D eigenvalue weighted by Crippen LogP contribution is -2.26. The quantitative estimate of drug-likeness (QED) is 0.451. The number of ether oxygens (including phenoxy) is 1. The van der Waals surface area contributed by atoms with Gasteiger partial charge < -0.3 is 14.7 Å². The smallest absolute Gasteiger partial charge is 0.350 e. The summed E-state index contributed by atoms with van der Waals surface area (Å²) >= 11 is 0. The Morgan fingerprint density at radius 2 is 2.17 bits per heavy atom. The van der Waals surface area contributed by atoms with E-state index in [1.165, 1.54) is 6.21 Å². The number of esters is 1. The van der Waals surface area contributed by atoms with Crippen molar-refractivity contribution in [1.29, 1.82) is 0 Å². The first-order valence-electron chi connectivity index (χ1n) is 5.79. The summed E-state index contributed by atoms with van der Waals surface area (Å²) in [6.07, 6.45) is 0.795. The van der Waals surface area contributed by atoms with Crippen LogP contribution in [0.15, 0.2) is 35.5 Å². The highest BCUT2D eigenvalue weighted by atomic mass is 16.7. The van der Waals surface area contributed by atoms with Gasteiger partial charge >= 0.3 is 5.97 Å². The number of aliphatic hydroxyl groups is 1. The molecule has 18 heavy (non-hydrogen) atoms. The molecule has 0 aliphatic carbocycles. The predicted octanol–water partition coefficient (Wildman–Crippen LogP) is 1.35. The first kappa shape index (κ1) is 14.2. The van der Waals surface area contributed by atoms with E-state index in [9.17, 15) is 4.79 Å². The summed E-state index contributed by atoms with van der Waals surface area (Å²) in [6, 6.07) is 9.36. The monoisotopic (exact) mass is 251 g/mol. The summed E-state index contributed by atoms with van der Waals surface area (Å²) in [7, 11) is 0. The van der Waals surface area contributed by atoms with Crippen LogP contribution >= 0.6 is 0 Å². The normalized spacial score (nSPS) is 12.3. The van der Waals surface area contributed by atoms with Crippen molar-refractivity contribution in [2.75, 3.05) is 13.2 Å². The Hall–Kier alpha value is -1.88. The van der Waals surface area contributed by atoms with Gasteiger partial charge in [0, 0.05) is 13.0 Å². The molecule has 0 spiro atoms. The lowest BCUT2D eigenvalue weighted by atomic mass is 10.2. The maximum Gasteiger partial charge on any atom is 0.350 e. The molecule has 5 nitrogen and oxygen atoms in total. The van der Waals surface area contributed by atoms with Crippen molar-refractivity contribution in [2.45, 2.75) is 19.4 Å². The maximum absolute atomic E-state index is 11.4. The molecule has 0 aromatic heterocycles. The molecule has 0 aliphatic rings. The summed E-state index contributed by atoms with van der Waals surface area (Å²) < 4.78 is 4.81. The second-order valence-corrected chi connectivity index (χ2v) is 3.50. The molecule has 1 atom stereocenters. The van der Waals surface area contributed by atoms with Crippen molar-refractivity contribution in [2.24, 2.45) is 5.16 Å². The van der Waals surface area contributed by atoms with Crippen LogP contribution in [0.3, 0.4) is 0 Å². The maximum atomic E-state index is 11.4. The lowest BCUT2D eigenvalue weighted by molar-refractivity contribution is -0.157. The molecule has 0 bridgehead atoms. The van der Waals surface area contributed by atoms with Crippen molar-refractivity contribution in [3.8, 4) is 0 Å². The highest BCUT2D eigenvalue weighted by Crippen LogP contribution is 2.03. The van der Waals surface area contributed by atoms with Gasteiger partial charge in [-0.1, -0.05) is 35.5 Å². The van der Waals surface area contributed by atoms with Crippen molar-refractivity contribution in [1.82, 2.24) is 0 Å². The Morgan fingerprint density at radius 1 is 1.44 bits per heavy atom. The largest absolute Gasteiger partial charge is 0.463 e. The second kappa shape index (κ2) is 8.25. The third-order valence-electron chi connectivity index (χ3n) is 2.13. The minimum atomic E-state index is -0.866. The Kier molecular flexibility index (Phi) is 6.50. The van der Waals surface area contributed by atoms with Crippen LogP contribution in [0.2, 0.25) is 0 Å². The van der Waals surface area contributed by atoms with Gasteiger partial charge in [-0.25, -0.2) is 4.79 Å². The number of carbonyl (C=O) groups is 1. The Balaban J connectivity index is 2.51. The number of benzene rings is 1. The standard InChI is InChI=1S/C13H17NO4/c1-2-17-13(16)12(8-9-15)18-14-10-11-6-4-3-5-7-11/h3-7,10,12,15H,2,8-9H2,1H3/b14-10+/t12-/m0/s1. The molecule has 1 aromatic rings. The molecular weight excluding hydrogens is 234 g/mol. The number of hydrogen-bond acceptors (Lipinski definition) is 5. The SMILES string of the molecule is CCOC(=O)[C@H](CCO)O/N=C/c1ccccc1. The highest BCUT2D eigenvalue weighted by Gasteiger charge is 2.20. The number of carbonyl (C=O) groups excluding carboxylic acids is 1. The van der Waals surface area contributed by atoms with Gasteiger partial charge in [-0.05, 0) is 12.5 Å². The number of aliphatic hydroxyl groups excluding tert-OH is 1. The molecule has 1 N–H and O–H groups in total. The number of rotatable bonds is 7. The summed E-state index contributed by atoms with van der Waals surface area (Å²) in [5.74, 6) is -0.517. The van der Waals surface area contributed by atoms with E-state index >= 15 is 0 Å². The fourth-order valence-corrected chi connectivity index (χ4v) is 1.27. The molecule has 0 unspecified atom stereocenters. The zero-order valence-electron chi connectivity index (χ0n) is 10.3. The third kappa shape index (κ3) is 4.97. The van der Waals surface area contributed by atoms with Crippen LogP contribution in [-0.2, 0) is 14.4 Å². The lowest BCUT2D eigenvalue weighted by Gasteiger charge is -2.11. The van der Waals surface area contributed by atoms with Crippen molar-refractivity contribution < 1.29 is 19.5 Å². The van der Waals surface area contributed by atoms with Crippen LogP contribution in [-0.4, -0.2) is 36.6 Å². The van der Waals surface area contributed by atoms with Crippen molar-refractivity contribution in [3.05, 3.63) is 35.9 Å². The molecule has 0 saturated carbocycles. The molecule has 0 heterocycles. The van der Waals surface area contributed by atoms with E-state index in [2.05, 4.69) is 5.16 Å². The van der Waals surface area contributed by atoms with Crippen LogP contribution in [0.1, 0.15) is 18.9 Å². The average molecular weight is 251 g/mol. The van der Waals surface area contributed by atoms with Crippen LogP contribution < -0.4 is 0 Å². The topological polar surface area (TPSA) is 68.1 Å². The molecule has 0 radical (unpaired) electrons. The van der Waals surface area contributed by atoms with Gasteiger partial charge in [-0.3, -0.25) is 0 Å². The Morgan fingerprint density at radius 3 is 2.78 bits per heavy atom. The zero-order valence-corrected chi connectivity index (χ0v) is 10.3. The highest BCUT2D eigenvalue weighted by molar-refractivity contribution is 5.79. The Bertz CT molecular complexity index is 378. The first-order chi connectivity index (χ1) is 8.77. The summed E-state index contributed by atoms with van der Waals surface area (Å²) in [6.45, 7) is 1.82. The van der Waals surface area contributed by atoms with Gasteiger partial charge in [-0.15, -0.1) is 0 Å². The van der Waals surface area contributed by atoms with Gasteiger partial charge in [0.25, 0.3) is 0 Å². The van der Waals surface area contributed by atoms with Crippen LogP contribution in [0.5, 0.6) is 0 Å². The van der Waals surface area contributed by atoms with Crippen LogP contribution in [0.4, 0.5) is 0 Å². The molecule has 1 aromatic carbocycles. The molecule has 0 aliphatic heterocycles. The minimum absolute atomic E-state index is 0.158. The van der Waals surface area contributed by atoms with Gasteiger partial charge in [0.2, 0.25) is 6.10 Å². The van der Waals surface area contributed by atoms with E-state index in [0.29, 0.717) is 0 Å². The fourth-order valence-electron chi connectivity index (χ4n) is 1.27. The zero-order chi connectivity index (χ0) is 13.2. The van der Waals surface area contributed by atoms with Crippen LogP contribution in [0.25, 0.3) is 0 Å².